The van der Waals surface area contributed by atoms with Gasteiger partial charge in [0.25, 0.3) is 11.8 Å². The van der Waals surface area contributed by atoms with Crippen LogP contribution >= 0.6 is 24.4 Å². The van der Waals surface area contributed by atoms with Gasteiger partial charge in [0.05, 0.1) is 0 Å². The van der Waals surface area contributed by atoms with Gasteiger partial charge >= 0.3 is 0 Å². The van der Waals surface area contributed by atoms with Crippen molar-refractivity contribution in [3.05, 3.63) is 71.8 Å². The molecule has 0 aliphatic rings. The minimum Gasteiger partial charge on any atom is -0.274 e. The maximum absolute atomic E-state index is 12.7. The van der Waals surface area contributed by atoms with Crippen molar-refractivity contribution in [1.29, 1.82) is 0 Å². The lowest BCUT2D eigenvalue weighted by Crippen LogP contribution is -2.53. The van der Waals surface area contributed by atoms with Gasteiger partial charge in [-0.15, -0.1) is 0 Å². The molecule has 0 unspecified atom stereocenters. The molecular formula is C22H26N4O2S2. The zero-order valence-corrected chi connectivity index (χ0v) is 18.9. The molecule has 0 aliphatic heterocycles. The third-order valence-electron chi connectivity index (χ3n) is 4.44. The van der Waals surface area contributed by atoms with Crippen molar-refractivity contribution in [3.8, 4) is 0 Å². The Morgan fingerprint density at radius 2 is 1.10 bits per heavy atom. The van der Waals surface area contributed by atoms with E-state index < -0.39 is 17.7 Å². The van der Waals surface area contributed by atoms with E-state index in [0.717, 1.165) is 11.1 Å². The lowest BCUT2D eigenvalue weighted by atomic mass is 10.1. The molecule has 8 heteroatoms. The van der Waals surface area contributed by atoms with E-state index in [1.165, 1.54) is 0 Å². The van der Waals surface area contributed by atoms with Crippen LogP contribution in [-0.2, 0) is 9.59 Å². The second kappa shape index (κ2) is 11.4. The van der Waals surface area contributed by atoms with Crippen molar-refractivity contribution < 1.29 is 9.59 Å². The fourth-order valence-corrected chi connectivity index (χ4v) is 3.22. The Morgan fingerprint density at radius 3 is 1.40 bits per heavy atom. The molecule has 2 aromatic rings. The monoisotopic (exact) mass is 442 g/mol. The summed E-state index contributed by atoms with van der Waals surface area (Å²) in [7, 11) is 0. The molecule has 0 saturated heterocycles. The summed E-state index contributed by atoms with van der Waals surface area (Å²) in [5.41, 5.74) is 7.11. The Hall–Kier alpha value is -2.84. The van der Waals surface area contributed by atoms with E-state index in [0.29, 0.717) is 23.1 Å². The van der Waals surface area contributed by atoms with Crippen LogP contribution in [-0.4, -0.2) is 44.9 Å². The van der Waals surface area contributed by atoms with Crippen LogP contribution in [0, 0.1) is 5.92 Å². The minimum atomic E-state index is -0.940. The molecule has 0 heterocycles. The van der Waals surface area contributed by atoms with Gasteiger partial charge in [-0.2, -0.15) is 0 Å². The maximum atomic E-state index is 12.7. The molecule has 0 fully saturated rings. The molecule has 2 aromatic carbocycles. The lowest BCUT2D eigenvalue weighted by molar-refractivity contribution is -0.138. The van der Waals surface area contributed by atoms with Crippen LogP contribution in [0.5, 0.6) is 0 Å². The Bertz CT molecular complexity index is 817. The summed E-state index contributed by atoms with van der Waals surface area (Å²) in [6.07, 6.45) is 0. The Labute approximate surface area is 188 Å². The van der Waals surface area contributed by atoms with E-state index in [2.05, 4.69) is 10.9 Å². The fourth-order valence-electron chi connectivity index (χ4n) is 2.60. The second-order valence-corrected chi connectivity index (χ2v) is 7.28. The molecule has 0 aromatic heterocycles. The first-order valence-electron chi connectivity index (χ1n) is 9.73. The van der Waals surface area contributed by atoms with E-state index in [4.69, 9.17) is 24.4 Å². The van der Waals surface area contributed by atoms with Gasteiger partial charge < -0.3 is 0 Å². The number of rotatable bonds is 6. The highest BCUT2D eigenvalue weighted by Gasteiger charge is 2.26. The normalized spacial score (nSPS) is 10.3. The molecule has 2 amide bonds. The summed E-state index contributed by atoms with van der Waals surface area (Å²) in [5, 5.41) is 3.12. The first-order chi connectivity index (χ1) is 14.4. The number of thiocarbonyl (C=S) groups is 2. The van der Waals surface area contributed by atoms with Gasteiger partial charge in [0.1, 0.15) is 15.9 Å². The fraction of sp³-hybridized carbons (Fsp3) is 0.273. The second-order valence-electron chi connectivity index (χ2n) is 6.50. The zero-order valence-electron chi connectivity index (χ0n) is 17.3. The van der Waals surface area contributed by atoms with Crippen LogP contribution in [0.1, 0.15) is 31.9 Å². The van der Waals surface area contributed by atoms with Crippen molar-refractivity contribution in [2.45, 2.75) is 20.8 Å². The summed E-state index contributed by atoms with van der Waals surface area (Å²) in [6.45, 7) is 6.22. The van der Waals surface area contributed by atoms with E-state index in [-0.39, 0.29) is 0 Å². The van der Waals surface area contributed by atoms with Crippen LogP contribution in [0.2, 0.25) is 0 Å². The maximum Gasteiger partial charge on any atom is 0.250 e. The molecule has 0 spiro atoms. The summed E-state index contributed by atoms with van der Waals surface area (Å²) >= 11 is 10.9. The molecule has 6 nitrogen and oxygen atoms in total. The number of amides is 2. The van der Waals surface area contributed by atoms with Gasteiger partial charge in [0.15, 0.2) is 0 Å². The number of carbonyl (C=O) groups excluding carboxylic acids is 2. The molecular weight excluding hydrogens is 416 g/mol. The van der Waals surface area contributed by atoms with Gasteiger partial charge in [-0.3, -0.25) is 30.5 Å². The van der Waals surface area contributed by atoms with Gasteiger partial charge in [0.2, 0.25) is 0 Å². The average molecular weight is 443 g/mol. The van der Waals surface area contributed by atoms with Gasteiger partial charge in [-0.1, -0.05) is 85.1 Å². The summed E-state index contributed by atoms with van der Waals surface area (Å²) in [5.74, 6) is -1.84. The van der Waals surface area contributed by atoms with Crippen LogP contribution in [0.25, 0.3) is 0 Å². The lowest BCUT2D eigenvalue weighted by Gasteiger charge is -2.28. The topological polar surface area (TPSA) is 64.7 Å². The zero-order chi connectivity index (χ0) is 22.1. The van der Waals surface area contributed by atoms with Crippen molar-refractivity contribution >= 4 is 46.2 Å². The molecule has 2 rings (SSSR count). The molecule has 0 saturated carbocycles. The third kappa shape index (κ3) is 6.08. The van der Waals surface area contributed by atoms with Crippen LogP contribution in [0.15, 0.2) is 60.7 Å². The van der Waals surface area contributed by atoms with Crippen molar-refractivity contribution in [3.63, 3.8) is 0 Å². The van der Waals surface area contributed by atoms with E-state index in [1.807, 2.05) is 74.5 Å². The number of hydrogen-bond donors (Lipinski definition) is 2. The molecule has 158 valence electrons. The molecule has 0 bridgehead atoms. The number of nitrogens with zero attached hydrogens (tertiary/aromatic N) is 2. The molecule has 0 aliphatic carbocycles. The number of benzene rings is 2. The molecule has 2 N–H and O–H groups in total. The summed E-state index contributed by atoms with van der Waals surface area (Å²) in [6, 6.07) is 18.8. The highest BCUT2D eigenvalue weighted by Crippen LogP contribution is 2.08. The molecule has 0 atom stereocenters. The van der Waals surface area contributed by atoms with Crippen LogP contribution in [0.4, 0.5) is 0 Å². The van der Waals surface area contributed by atoms with E-state index in [1.54, 1.807) is 16.9 Å². The summed E-state index contributed by atoms with van der Waals surface area (Å²) in [4.78, 5) is 26.3. The number of hydrogen-bond acceptors (Lipinski definition) is 4. The number of carbonyl (C=O) groups is 2. The standard InChI is InChI=1S/C22H26N4O2S2/c1-4-25(21(29)17-12-8-6-9-13-17)23-19(27)16(3)20(28)24-26(5-2)22(30)18-14-10-7-11-15-18/h6-16H,4-5H2,1-3H3,(H,23,27)(H,24,28). The average Bonchev–Trinajstić information content (AvgIpc) is 2.80. The van der Waals surface area contributed by atoms with Gasteiger partial charge in [-0.25, -0.2) is 0 Å². The third-order valence-corrected chi connectivity index (χ3v) is 5.35. The van der Waals surface area contributed by atoms with Crippen molar-refractivity contribution in [1.82, 2.24) is 20.9 Å². The van der Waals surface area contributed by atoms with Crippen LogP contribution < -0.4 is 10.9 Å². The first-order valence-corrected chi connectivity index (χ1v) is 10.6. The largest absolute Gasteiger partial charge is 0.274 e. The van der Waals surface area contributed by atoms with Gasteiger partial charge in [0, 0.05) is 24.2 Å². The Balaban J connectivity index is 2.00. The smallest absolute Gasteiger partial charge is 0.250 e. The number of hydrazine groups is 2. The van der Waals surface area contributed by atoms with Crippen molar-refractivity contribution in [2.75, 3.05) is 13.1 Å². The molecule has 30 heavy (non-hydrogen) atoms. The van der Waals surface area contributed by atoms with E-state index in [9.17, 15) is 9.59 Å². The quantitative estimate of drug-likeness (QED) is 0.407. The number of nitrogens with one attached hydrogen (secondary N) is 2. The Kier molecular flexibility index (Phi) is 8.89. The van der Waals surface area contributed by atoms with Gasteiger partial charge in [-0.05, 0) is 20.8 Å². The van der Waals surface area contributed by atoms with E-state index >= 15 is 0 Å². The van der Waals surface area contributed by atoms with Crippen molar-refractivity contribution in [2.24, 2.45) is 5.92 Å². The predicted molar refractivity (Wildman–Crippen MR) is 126 cm³/mol. The highest BCUT2D eigenvalue weighted by atomic mass is 32.1. The summed E-state index contributed by atoms with van der Waals surface area (Å²) < 4.78 is 0. The SMILES string of the molecule is CCN(NC(=O)C(C)C(=O)NN(CC)C(=S)c1ccccc1)C(=S)c1ccccc1. The predicted octanol–water partition coefficient (Wildman–Crippen LogP) is 3.08. The Morgan fingerprint density at radius 1 is 0.767 bits per heavy atom. The first kappa shape index (κ1) is 23.4. The molecule has 0 radical (unpaired) electrons. The van der Waals surface area contributed by atoms with Crippen LogP contribution in [0.3, 0.4) is 0 Å². The minimum absolute atomic E-state index is 0.450. The highest BCUT2D eigenvalue weighted by molar-refractivity contribution is 7.80.